The summed E-state index contributed by atoms with van der Waals surface area (Å²) in [6.07, 6.45) is 0. The second kappa shape index (κ2) is 10.9. The minimum absolute atomic E-state index is 0.259. The molecule has 0 spiro atoms. The molecule has 0 fully saturated rings. The molecule has 0 saturated heterocycles. The van der Waals surface area contributed by atoms with Crippen LogP contribution in [0.5, 0.6) is 5.75 Å². The maximum absolute atomic E-state index is 12.8. The van der Waals surface area contributed by atoms with E-state index in [9.17, 15) is 9.59 Å². The lowest BCUT2D eigenvalue weighted by Gasteiger charge is -2.33. The molecule has 6 nitrogen and oxygen atoms in total. The van der Waals surface area contributed by atoms with Gasteiger partial charge in [0.15, 0.2) is 0 Å². The predicted molar refractivity (Wildman–Crippen MR) is 123 cm³/mol. The van der Waals surface area contributed by atoms with E-state index in [0.717, 1.165) is 22.6 Å². The first-order chi connectivity index (χ1) is 15.0. The summed E-state index contributed by atoms with van der Waals surface area (Å²) in [6.45, 7) is 4.64. The zero-order chi connectivity index (χ0) is 22.2. The molecular formula is C24H28N2O4S. The normalized spacial score (nSPS) is 16.2. The zero-order valence-electron chi connectivity index (χ0n) is 18.1. The predicted octanol–water partition coefficient (Wildman–Crippen LogP) is 4.53. The van der Waals surface area contributed by atoms with Gasteiger partial charge in [-0.1, -0.05) is 49.4 Å². The van der Waals surface area contributed by atoms with E-state index < -0.39 is 12.0 Å². The molecule has 31 heavy (non-hydrogen) atoms. The number of esters is 1. The largest absolute Gasteiger partial charge is 0.489 e. The van der Waals surface area contributed by atoms with Crippen molar-refractivity contribution in [2.24, 2.45) is 0 Å². The molecule has 1 unspecified atom stereocenters. The highest BCUT2D eigenvalue weighted by molar-refractivity contribution is 7.99. The average Bonchev–Trinajstić information content (AvgIpc) is 2.79. The Morgan fingerprint density at radius 2 is 1.84 bits per heavy atom. The van der Waals surface area contributed by atoms with E-state index in [1.165, 1.54) is 4.90 Å². The standard InChI is InChI=1S/C24H28N2O4S/c1-4-31-15-14-29-23(27)21-17(2)26(3)24(28)25-22(21)19-10-12-20(13-11-19)30-16-18-8-6-5-7-9-18/h5-13,22H,4,14-16H2,1-3H3,(H,25,28). The summed E-state index contributed by atoms with van der Waals surface area (Å²) >= 11 is 1.71. The van der Waals surface area contributed by atoms with E-state index in [2.05, 4.69) is 12.2 Å². The summed E-state index contributed by atoms with van der Waals surface area (Å²) < 4.78 is 11.3. The quantitative estimate of drug-likeness (QED) is 0.458. The molecule has 1 aliphatic rings. The van der Waals surface area contributed by atoms with Gasteiger partial charge in [-0.2, -0.15) is 11.8 Å². The summed E-state index contributed by atoms with van der Waals surface area (Å²) in [5.74, 6) is 2.03. The Bertz CT molecular complexity index is 928. The van der Waals surface area contributed by atoms with E-state index in [1.54, 1.807) is 25.7 Å². The lowest BCUT2D eigenvalue weighted by Crippen LogP contribution is -2.46. The number of benzene rings is 2. The number of nitrogens with one attached hydrogen (secondary N) is 1. The first kappa shape index (κ1) is 22.7. The van der Waals surface area contributed by atoms with Gasteiger partial charge in [-0.15, -0.1) is 0 Å². The van der Waals surface area contributed by atoms with Crippen LogP contribution in [0.25, 0.3) is 0 Å². The molecule has 3 rings (SSSR count). The number of allylic oxidation sites excluding steroid dienone is 1. The Kier molecular flexibility index (Phi) is 8.00. The number of nitrogens with zero attached hydrogens (tertiary/aromatic N) is 1. The molecule has 2 amide bonds. The van der Waals surface area contributed by atoms with Crippen LogP contribution in [0, 0.1) is 0 Å². The molecule has 1 heterocycles. The van der Waals surface area contributed by atoms with Gasteiger partial charge in [0.2, 0.25) is 0 Å². The average molecular weight is 441 g/mol. The van der Waals surface area contributed by atoms with E-state index in [0.29, 0.717) is 30.2 Å². The minimum atomic E-state index is -0.571. The molecule has 2 aromatic carbocycles. The fraction of sp³-hybridized carbons (Fsp3) is 0.333. The maximum atomic E-state index is 12.8. The second-order valence-corrected chi connectivity index (χ2v) is 8.51. The van der Waals surface area contributed by atoms with E-state index in [-0.39, 0.29) is 6.03 Å². The fourth-order valence-corrected chi connectivity index (χ4v) is 3.75. The van der Waals surface area contributed by atoms with E-state index in [1.807, 2.05) is 54.6 Å². The number of amides is 2. The fourth-order valence-electron chi connectivity index (χ4n) is 3.26. The Morgan fingerprint density at radius 3 is 2.52 bits per heavy atom. The zero-order valence-corrected chi connectivity index (χ0v) is 18.9. The Balaban J connectivity index is 1.74. The number of carbonyl (C=O) groups is 2. The number of ether oxygens (including phenoxy) is 2. The van der Waals surface area contributed by atoms with Crippen molar-refractivity contribution >= 4 is 23.8 Å². The van der Waals surface area contributed by atoms with Crippen LogP contribution in [-0.4, -0.2) is 42.1 Å². The van der Waals surface area contributed by atoms with Crippen LogP contribution in [0.4, 0.5) is 4.79 Å². The highest BCUT2D eigenvalue weighted by Gasteiger charge is 2.35. The van der Waals surface area contributed by atoms with Crippen LogP contribution in [-0.2, 0) is 16.1 Å². The number of thioether (sulfide) groups is 1. The molecule has 1 N–H and O–H groups in total. The maximum Gasteiger partial charge on any atom is 0.338 e. The molecular weight excluding hydrogens is 412 g/mol. The van der Waals surface area contributed by atoms with Gasteiger partial charge in [0.1, 0.15) is 19.0 Å². The van der Waals surface area contributed by atoms with Gasteiger partial charge >= 0.3 is 12.0 Å². The van der Waals surface area contributed by atoms with Crippen LogP contribution in [0.1, 0.15) is 31.0 Å². The van der Waals surface area contributed by atoms with Crippen molar-refractivity contribution in [2.75, 3.05) is 25.2 Å². The smallest absolute Gasteiger partial charge is 0.338 e. The van der Waals surface area contributed by atoms with Gasteiger partial charge in [-0.25, -0.2) is 9.59 Å². The number of carbonyl (C=O) groups excluding carboxylic acids is 2. The van der Waals surface area contributed by atoms with Crippen molar-refractivity contribution in [3.63, 3.8) is 0 Å². The number of urea groups is 1. The molecule has 2 aromatic rings. The first-order valence-electron chi connectivity index (χ1n) is 10.3. The molecule has 1 aliphatic heterocycles. The van der Waals surface area contributed by atoms with Gasteiger partial charge < -0.3 is 19.7 Å². The van der Waals surface area contributed by atoms with Crippen molar-refractivity contribution in [3.8, 4) is 5.75 Å². The lowest BCUT2D eigenvalue weighted by molar-refractivity contribution is -0.139. The molecule has 0 radical (unpaired) electrons. The molecule has 0 bridgehead atoms. The van der Waals surface area contributed by atoms with Crippen LogP contribution in [0.2, 0.25) is 0 Å². The van der Waals surface area contributed by atoms with Crippen LogP contribution in [0.3, 0.4) is 0 Å². The third-order valence-corrected chi connectivity index (χ3v) is 5.96. The van der Waals surface area contributed by atoms with Gasteiger partial charge in [0.25, 0.3) is 0 Å². The topological polar surface area (TPSA) is 67.9 Å². The molecule has 7 heteroatoms. The van der Waals surface area contributed by atoms with Crippen molar-refractivity contribution in [1.82, 2.24) is 10.2 Å². The van der Waals surface area contributed by atoms with Gasteiger partial charge in [-0.05, 0) is 35.9 Å². The molecule has 0 aliphatic carbocycles. The summed E-state index contributed by atoms with van der Waals surface area (Å²) in [7, 11) is 1.64. The minimum Gasteiger partial charge on any atom is -0.489 e. The van der Waals surface area contributed by atoms with Crippen LogP contribution < -0.4 is 10.1 Å². The summed E-state index contributed by atoms with van der Waals surface area (Å²) in [5.41, 5.74) is 2.91. The third kappa shape index (κ3) is 5.82. The number of hydrogen-bond donors (Lipinski definition) is 1. The molecule has 1 atom stereocenters. The summed E-state index contributed by atoms with van der Waals surface area (Å²) in [5, 5.41) is 2.90. The third-order valence-electron chi connectivity index (χ3n) is 5.10. The second-order valence-electron chi connectivity index (χ2n) is 7.12. The monoisotopic (exact) mass is 440 g/mol. The molecule has 0 saturated carbocycles. The highest BCUT2D eigenvalue weighted by Crippen LogP contribution is 2.31. The van der Waals surface area contributed by atoms with Crippen molar-refractivity contribution in [1.29, 1.82) is 0 Å². The summed E-state index contributed by atoms with van der Waals surface area (Å²) in [4.78, 5) is 26.7. The Hall–Kier alpha value is -2.93. The van der Waals surface area contributed by atoms with Crippen LogP contribution in [0.15, 0.2) is 65.9 Å². The lowest BCUT2D eigenvalue weighted by atomic mass is 9.95. The highest BCUT2D eigenvalue weighted by atomic mass is 32.2. The number of rotatable bonds is 9. The van der Waals surface area contributed by atoms with Crippen LogP contribution >= 0.6 is 11.8 Å². The van der Waals surface area contributed by atoms with E-state index >= 15 is 0 Å². The van der Waals surface area contributed by atoms with Crippen molar-refractivity contribution < 1.29 is 19.1 Å². The Labute approximate surface area is 187 Å². The van der Waals surface area contributed by atoms with Crippen molar-refractivity contribution in [3.05, 3.63) is 77.0 Å². The SMILES string of the molecule is CCSCCOC(=O)C1=C(C)N(C)C(=O)NC1c1ccc(OCc2ccccc2)cc1. The van der Waals surface area contributed by atoms with E-state index in [4.69, 9.17) is 9.47 Å². The van der Waals surface area contributed by atoms with Gasteiger partial charge in [0.05, 0.1) is 11.6 Å². The van der Waals surface area contributed by atoms with Gasteiger partial charge in [0, 0.05) is 18.5 Å². The van der Waals surface area contributed by atoms with Crippen molar-refractivity contribution in [2.45, 2.75) is 26.5 Å². The first-order valence-corrected chi connectivity index (χ1v) is 11.4. The molecule has 164 valence electrons. The molecule has 0 aromatic heterocycles. The Morgan fingerprint density at radius 1 is 1.13 bits per heavy atom. The summed E-state index contributed by atoms with van der Waals surface area (Å²) in [6, 6.07) is 16.5. The van der Waals surface area contributed by atoms with Gasteiger partial charge in [-0.3, -0.25) is 0 Å². The number of hydrogen-bond acceptors (Lipinski definition) is 5.